The van der Waals surface area contributed by atoms with Crippen molar-refractivity contribution in [1.29, 1.82) is 0 Å². The number of rotatable bonds is 4. The maximum atomic E-state index is 10.3. The minimum absolute atomic E-state index is 0.0150. The largest absolute Gasteiger partial charge is 0.550 e. The maximum Gasteiger partial charge on any atom is 0.0425 e. The summed E-state index contributed by atoms with van der Waals surface area (Å²) in [7, 11) is 0. The van der Waals surface area contributed by atoms with Gasteiger partial charge in [-0.1, -0.05) is 18.5 Å². The van der Waals surface area contributed by atoms with Crippen molar-refractivity contribution in [2.75, 3.05) is 0 Å². The molecule has 1 rings (SSSR count). The third-order valence-corrected chi connectivity index (χ3v) is 2.97. The Hall–Kier alpha value is -0.670. The van der Waals surface area contributed by atoms with Crippen molar-refractivity contribution in [3.8, 4) is 0 Å². The molecule has 4 heteroatoms. The lowest BCUT2D eigenvalue weighted by Gasteiger charge is -2.11. The van der Waals surface area contributed by atoms with Crippen LogP contribution in [0, 0.1) is 0 Å². The van der Waals surface area contributed by atoms with Crippen LogP contribution in [0.5, 0.6) is 0 Å². The summed E-state index contributed by atoms with van der Waals surface area (Å²) in [6.07, 6.45) is 0.0628. The fourth-order valence-corrected chi connectivity index (χ4v) is 2.13. The molecule has 0 aliphatic rings. The molecule has 0 radical (unpaired) electrons. The van der Waals surface area contributed by atoms with Crippen LogP contribution in [0.3, 0.4) is 0 Å². The highest BCUT2D eigenvalue weighted by Gasteiger charge is 2.04. The molecule has 1 atom stereocenters. The lowest BCUT2D eigenvalue weighted by molar-refractivity contribution is -0.305. The summed E-state index contributed by atoms with van der Waals surface area (Å²) in [5.74, 6) is -1.01. The predicted molar refractivity (Wildman–Crippen MR) is 56.4 cm³/mol. The molecular weight excluding hydrogens is 220 g/mol. The van der Waals surface area contributed by atoms with Gasteiger partial charge >= 0.3 is 0 Å². The Morgan fingerprint density at radius 3 is 2.57 bits per heavy atom. The van der Waals surface area contributed by atoms with Crippen LogP contribution in [-0.4, -0.2) is 11.2 Å². The van der Waals surface area contributed by atoms with E-state index in [-0.39, 0.29) is 11.7 Å². The highest BCUT2D eigenvalue weighted by atomic mass is 35.5. The van der Waals surface area contributed by atoms with E-state index in [9.17, 15) is 9.90 Å². The number of hydrogen-bond acceptors (Lipinski definition) is 3. The molecule has 0 N–H and O–H groups in total. The first-order chi connectivity index (χ1) is 6.58. The molecule has 0 bridgehead atoms. The molecule has 0 amide bonds. The highest BCUT2D eigenvalue weighted by Crippen LogP contribution is 2.25. The molecule has 0 spiro atoms. The third-order valence-electron chi connectivity index (χ3n) is 1.61. The van der Waals surface area contributed by atoms with Crippen LogP contribution in [0.4, 0.5) is 0 Å². The normalized spacial score (nSPS) is 12.4. The topological polar surface area (TPSA) is 40.1 Å². The summed E-state index contributed by atoms with van der Waals surface area (Å²) < 4.78 is 0. The van der Waals surface area contributed by atoms with Crippen molar-refractivity contribution < 1.29 is 9.90 Å². The quantitative estimate of drug-likeness (QED) is 0.741. The lowest BCUT2D eigenvalue weighted by Crippen LogP contribution is -2.25. The standard InChI is InChI=1S/C10H11ClO2S/c1-7(6-10(12)13)14-9-4-2-8(11)3-5-9/h2-5,7H,6H2,1H3,(H,12,13)/p-1/t7-/m1/s1. The Morgan fingerprint density at radius 1 is 1.50 bits per heavy atom. The molecule has 0 heterocycles. The van der Waals surface area contributed by atoms with Gasteiger partial charge in [-0.2, -0.15) is 0 Å². The zero-order chi connectivity index (χ0) is 10.6. The predicted octanol–water partition coefficient (Wildman–Crippen LogP) is 1.96. The molecule has 1 aromatic rings. The Bertz CT molecular complexity index is 310. The molecule has 0 saturated carbocycles. The molecule has 14 heavy (non-hydrogen) atoms. The SMILES string of the molecule is C[C@H](CC(=O)[O-])Sc1ccc(Cl)cc1. The number of carboxylic acids is 1. The second-order valence-electron chi connectivity index (χ2n) is 2.96. The van der Waals surface area contributed by atoms with E-state index in [0.29, 0.717) is 5.02 Å². The molecule has 0 fully saturated rings. The number of thioether (sulfide) groups is 1. The first kappa shape index (κ1) is 11.4. The fourth-order valence-electron chi connectivity index (χ4n) is 1.02. The molecule has 0 aliphatic carbocycles. The van der Waals surface area contributed by atoms with E-state index in [4.69, 9.17) is 11.6 Å². The van der Waals surface area contributed by atoms with Crippen molar-refractivity contribution in [2.45, 2.75) is 23.5 Å². The summed E-state index contributed by atoms with van der Waals surface area (Å²) >= 11 is 7.22. The van der Waals surface area contributed by atoms with Gasteiger partial charge in [0.25, 0.3) is 0 Å². The molecule has 1 aromatic carbocycles. The van der Waals surface area contributed by atoms with E-state index < -0.39 is 5.97 Å². The number of carbonyl (C=O) groups excluding carboxylic acids is 1. The molecule has 0 aliphatic heterocycles. The van der Waals surface area contributed by atoms with Gasteiger partial charge in [0.15, 0.2) is 0 Å². The summed E-state index contributed by atoms with van der Waals surface area (Å²) in [4.78, 5) is 11.3. The van der Waals surface area contributed by atoms with Crippen molar-refractivity contribution in [1.82, 2.24) is 0 Å². The molecule has 0 aromatic heterocycles. The van der Waals surface area contributed by atoms with E-state index in [0.717, 1.165) is 4.90 Å². The van der Waals surface area contributed by atoms with Crippen molar-refractivity contribution in [3.05, 3.63) is 29.3 Å². The van der Waals surface area contributed by atoms with Gasteiger partial charge < -0.3 is 9.90 Å². The molecule has 0 saturated heterocycles. The number of carboxylic acid groups (broad SMARTS) is 1. The van der Waals surface area contributed by atoms with Crippen LogP contribution in [0.25, 0.3) is 0 Å². The first-order valence-corrected chi connectivity index (χ1v) is 5.46. The summed E-state index contributed by atoms with van der Waals surface area (Å²) in [6.45, 7) is 1.86. The number of hydrogen-bond donors (Lipinski definition) is 0. The number of aliphatic carboxylic acids is 1. The van der Waals surface area contributed by atoms with Gasteiger partial charge in [-0.25, -0.2) is 0 Å². The van der Waals surface area contributed by atoms with Crippen LogP contribution in [0.1, 0.15) is 13.3 Å². The first-order valence-electron chi connectivity index (χ1n) is 4.20. The number of carbonyl (C=O) groups is 1. The van der Waals surface area contributed by atoms with Crippen LogP contribution < -0.4 is 5.11 Å². The Kier molecular flexibility index (Phi) is 4.29. The van der Waals surface area contributed by atoms with Gasteiger partial charge in [-0.15, -0.1) is 11.8 Å². The van der Waals surface area contributed by atoms with Crippen molar-refractivity contribution in [3.63, 3.8) is 0 Å². The number of halogens is 1. The van der Waals surface area contributed by atoms with Crippen LogP contribution >= 0.6 is 23.4 Å². The second kappa shape index (κ2) is 5.27. The van der Waals surface area contributed by atoms with E-state index >= 15 is 0 Å². The second-order valence-corrected chi connectivity index (χ2v) is 4.91. The smallest absolute Gasteiger partial charge is 0.0425 e. The minimum Gasteiger partial charge on any atom is -0.550 e. The number of benzene rings is 1. The maximum absolute atomic E-state index is 10.3. The minimum atomic E-state index is -1.01. The molecule has 0 unspecified atom stereocenters. The average molecular weight is 230 g/mol. The summed E-state index contributed by atoms with van der Waals surface area (Å²) in [5, 5.41) is 11.0. The Morgan fingerprint density at radius 2 is 2.07 bits per heavy atom. The van der Waals surface area contributed by atoms with Crippen molar-refractivity contribution >= 4 is 29.3 Å². The average Bonchev–Trinajstić information content (AvgIpc) is 2.07. The lowest BCUT2D eigenvalue weighted by atomic mass is 10.3. The monoisotopic (exact) mass is 229 g/mol. The van der Waals surface area contributed by atoms with E-state index in [1.54, 1.807) is 12.1 Å². The van der Waals surface area contributed by atoms with Gasteiger partial charge in [0.1, 0.15) is 0 Å². The van der Waals surface area contributed by atoms with Crippen LogP contribution in [-0.2, 0) is 4.79 Å². The summed E-state index contributed by atoms with van der Waals surface area (Å²) in [5.41, 5.74) is 0. The van der Waals surface area contributed by atoms with Crippen LogP contribution in [0.2, 0.25) is 5.02 Å². The Balaban J connectivity index is 2.51. The van der Waals surface area contributed by atoms with E-state index in [1.807, 2.05) is 19.1 Å². The zero-order valence-electron chi connectivity index (χ0n) is 7.70. The fraction of sp³-hybridized carbons (Fsp3) is 0.300. The van der Waals surface area contributed by atoms with Gasteiger partial charge in [0, 0.05) is 21.1 Å². The Labute approximate surface area is 92.3 Å². The van der Waals surface area contributed by atoms with Crippen molar-refractivity contribution in [2.24, 2.45) is 0 Å². The third kappa shape index (κ3) is 4.03. The molecule has 76 valence electrons. The highest BCUT2D eigenvalue weighted by molar-refractivity contribution is 8.00. The van der Waals surface area contributed by atoms with E-state index in [1.165, 1.54) is 11.8 Å². The molecule has 2 nitrogen and oxygen atoms in total. The van der Waals surface area contributed by atoms with Gasteiger partial charge in [0.05, 0.1) is 0 Å². The van der Waals surface area contributed by atoms with Gasteiger partial charge in [0.2, 0.25) is 0 Å². The van der Waals surface area contributed by atoms with Gasteiger partial charge in [-0.3, -0.25) is 0 Å². The van der Waals surface area contributed by atoms with E-state index in [2.05, 4.69) is 0 Å². The van der Waals surface area contributed by atoms with Crippen LogP contribution in [0.15, 0.2) is 29.2 Å². The molecular formula is C10H10ClO2S-. The summed E-state index contributed by atoms with van der Waals surface area (Å²) in [6, 6.07) is 7.32. The van der Waals surface area contributed by atoms with Gasteiger partial charge in [-0.05, 0) is 30.7 Å². The zero-order valence-corrected chi connectivity index (χ0v) is 9.27.